The molecule has 18 heavy (non-hydrogen) atoms. The first-order chi connectivity index (χ1) is 8.70. The Bertz CT molecular complexity index is 425. The number of carboxylic acid groups (broad SMARTS) is 1. The highest BCUT2D eigenvalue weighted by atomic mass is 16.5. The van der Waals surface area contributed by atoms with Gasteiger partial charge in [-0.05, 0) is 25.0 Å². The van der Waals surface area contributed by atoms with E-state index in [9.17, 15) is 4.79 Å². The molecular formula is C14H19NO3. The summed E-state index contributed by atoms with van der Waals surface area (Å²) in [7, 11) is 1.49. The molecule has 0 heterocycles. The number of ether oxygens (including phenoxy) is 1. The van der Waals surface area contributed by atoms with Gasteiger partial charge >= 0.3 is 5.97 Å². The van der Waals surface area contributed by atoms with Gasteiger partial charge in [-0.25, -0.2) is 4.79 Å². The summed E-state index contributed by atoms with van der Waals surface area (Å²) in [4.78, 5) is 11.0. The molecular weight excluding hydrogens is 230 g/mol. The third-order valence-electron chi connectivity index (χ3n) is 3.41. The summed E-state index contributed by atoms with van der Waals surface area (Å²) in [6.45, 7) is 0. The van der Waals surface area contributed by atoms with Crippen LogP contribution in [0.1, 0.15) is 42.5 Å². The fourth-order valence-electron chi connectivity index (χ4n) is 2.44. The minimum Gasteiger partial charge on any atom is -0.496 e. The summed E-state index contributed by atoms with van der Waals surface area (Å²) in [6.07, 6.45) is 6.22. The van der Waals surface area contributed by atoms with Crippen LogP contribution in [0.2, 0.25) is 0 Å². The van der Waals surface area contributed by atoms with E-state index in [1.165, 1.54) is 39.2 Å². The maximum Gasteiger partial charge on any atom is 0.339 e. The molecule has 0 aromatic heterocycles. The van der Waals surface area contributed by atoms with Crippen LogP contribution in [0.15, 0.2) is 18.2 Å². The number of aromatic carboxylic acids is 1. The molecule has 4 heteroatoms. The van der Waals surface area contributed by atoms with Gasteiger partial charge in [-0.2, -0.15) is 0 Å². The molecule has 0 spiro atoms. The number of anilines is 1. The molecule has 1 aromatic rings. The first kappa shape index (κ1) is 12.7. The van der Waals surface area contributed by atoms with E-state index in [1.54, 1.807) is 18.2 Å². The van der Waals surface area contributed by atoms with Crippen LogP contribution in [0, 0.1) is 0 Å². The van der Waals surface area contributed by atoms with Crippen LogP contribution in [0.4, 0.5) is 5.69 Å². The molecule has 0 amide bonds. The molecule has 1 aliphatic carbocycles. The largest absolute Gasteiger partial charge is 0.496 e. The molecule has 1 fully saturated rings. The summed E-state index contributed by atoms with van der Waals surface area (Å²) in [6, 6.07) is 5.66. The lowest BCUT2D eigenvalue weighted by Gasteiger charge is -2.24. The minimum absolute atomic E-state index is 0.201. The van der Waals surface area contributed by atoms with Crippen molar-refractivity contribution in [2.24, 2.45) is 0 Å². The Morgan fingerprint density at radius 2 is 2.06 bits per heavy atom. The summed E-state index contributed by atoms with van der Waals surface area (Å²) < 4.78 is 5.12. The fraction of sp³-hybridized carbons (Fsp3) is 0.500. The summed E-state index contributed by atoms with van der Waals surface area (Å²) in [5.41, 5.74) is 1.13. The van der Waals surface area contributed by atoms with Gasteiger partial charge in [-0.15, -0.1) is 0 Å². The molecule has 98 valence electrons. The second-order valence-electron chi connectivity index (χ2n) is 4.70. The number of methoxy groups -OCH3 is 1. The summed E-state index contributed by atoms with van der Waals surface area (Å²) >= 11 is 0. The Morgan fingerprint density at radius 1 is 1.33 bits per heavy atom. The van der Waals surface area contributed by atoms with Crippen LogP contribution in [0.5, 0.6) is 5.75 Å². The van der Waals surface area contributed by atoms with Crippen molar-refractivity contribution in [2.75, 3.05) is 12.4 Å². The van der Waals surface area contributed by atoms with E-state index >= 15 is 0 Å². The second kappa shape index (κ2) is 5.76. The molecule has 2 N–H and O–H groups in total. The predicted molar refractivity (Wildman–Crippen MR) is 70.4 cm³/mol. The zero-order valence-corrected chi connectivity index (χ0v) is 10.6. The van der Waals surface area contributed by atoms with Crippen molar-refractivity contribution in [1.29, 1.82) is 0 Å². The van der Waals surface area contributed by atoms with Crippen molar-refractivity contribution in [2.45, 2.75) is 38.1 Å². The molecule has 0 bridgehead atoms. The molecule has 0 radical (unpaired) electrons. The molecule has 0 unspecified atom stereocenters. The van der Waals surface area contributed by atoms with E-state index in [1.807, 2.05) is 0 Å². The van der Waals surface area contributed by atoms with Gasteiger partial charge < -0.3 is 15.2 Å². The van der Waals surface area contributed by atoms with Gasteiger partial charge in [-0.3, -0.25) is 0 Å². The number of hydrogen-bond acceptors (Lipinski definition) is 3. The highest BCUT2D eigenvalue weighted by Crippen LogP contribution is 2.26. The summed E-state index contributed by atoms with van der Waals surface area (Å²) in [5, 5.41) is 12.5. The van der Waals surface area contributed by atoms with Crippen molar-refractivity contribution >= 4 is 11.7 Å². The van der Waals surface area contributed by atoms with E-state index in [-0.39, 0.29) is 5.56 Å². The molecule has 0 saturated heterocycles. The van der Waals surface area contributed by atoms with E-state index < -0.39 is 5.97 Å². The van der Waals surface area contributed by atoms with Crippen LogP contribution in [0.25, 0.3) is 0 Å². The number of benzene rings is 1. The molecule has 4 nitrogen and oxygen atoms in total. The topological polar surface area (TPSA) is 58.6 Å². The molecule has 1 aliphatic rings. The highest BCUT2D eigenvalue weighted by Gasteiger charge is 2.15. The van der Waals surface area contributed by atoms with Crippen LogP contribution >= 0.6 is 0 Å². The quantitative estimate of drug-likeness (QED) is 0.860. The van der Waals surface area contributed by atoms with Crippen LogP contribution in [0.3, 0.4) is 0 Å². The standard InChI is InChI=1S/C14H19NO3/c1-18-13-9-11(7-8-12(13)14(16)17)15-10-5-3-2-4-6-10/h7-10,15H,2-6H2,1H3,(H,16,17). The van der Waals surface area contributed by atoms with Gasteiger partial charge in [0.1, 0.15) is 11.3 Å². The zero-order valence-electron chi connectivity index (χ0n) is 10.6. The number of carboxylic acids is 1. The lowest BCUT2D eigenvalue weighted by Crippen LogP contribution is -2.22. The lowest BCUT2D eigenvalue weighted by atomic mass is 9.95. The molecule has 0 atom stereocenters. The van der Waals surface area contributed by atoms with Gasteiger partial charge in [0, 0.05) is 17.8 Å². The predicted octanol–water partition coefficient (Wildman–Crippen LogP) is 3.14. The number of carbonyl (C=O) groups is 1. The van der Waals surface area contributed by atoms with Gasteiger partial charge in [0.25, 0.3) is 0 Å². The maximum absolute atomic E-state index is 11.0. The first-order valence-electron chi connectivity index (χ1n) is 6.38. The Kier molecular flexibility index (Phi) is 4.07. The molecule has 1 saturated carbocycles. The van der Waals surface area contributed by atoms with E-state index in [0.717, 1.165) is 5.69 Å². The third kappa shape index (κ3) is 2.94. The smallest absolute Gasteiger partial charge is 0.339 e. The Labute approximate surface area is 107 Å². The van der Waals surface area contributed by atoms with Gasteiger partial charge in [0.2, 0.25) is 0 Å². The van der Waals surface area contributed by atoms with Crippen LogP contribution in [-0.4, -0.2) is 24.2 Å². The van der Waals surface area contributed by atoms with Crippen molar-refractivity contribution in [1.82, 2.24) is 0 Å². The number of rotatable bonds is 4. The van der Waals surface area contributed by atoms with Gasteiger partial charge in [0.05, 0.1) is 7.11 Å². The number of hydrogen-bond donors (Lipinski definition) is 2. The zero-order chi connectivity index (χ0) is 13.0. The first-order valence-corrected chi connectivity index (χ1v) is 6.38. The van der Waals surface area contributed by atoms with E-state index in [0.29, 0.717) is 11.8 Å². The van der Waals surface area contributed by atoms with Crippen LogP contribution < -0.4 is 10.1 Å². The molecule has 2 rings (SSSR count). The normalized spacial score (nSPS) is 16.3. The lowest BCUT2D eigenvalue weighted by molar-refractivity contribution is 0.0693. The average molecular weight is 249 g/mol. The monoisotopic (exact) mass is 249 g/mol. The average Bonchev–Trinajstić information content (AvgIpc) is 2.39. The minimum atomic E-state index is -0.962. The van der Waals surface area contributed by atoms with Crippen molar-refractivity contribution in [3.8, 4) is 5.75 Å². The van der Waals surface area contributed by atoms with Gasteiger partial charge in [-0.1, -0.05) is 19.3 Å². The van der Waals surface area contributed by atoms with Crippen molar-refractivity contribution in [3.63, 3.8) is 0 Å². The van der Waals surface area contributed by atoms with E-state index in [2.05, 4.69) is 5.32 Å². The SMILES string of the molecule is COc1cc(NC2CCCCC2)ccc1C(=O)O. The van der Waals surface area contributed by atoms with Crippen LogP contribution in [-0.2, 0) is 0 Å². The Hall–Kier alpha value is -1.71. The maximum atomic E-state index is 11.0. The summed E-state index contributed by atoms with van der Waals surface area (Å²) in [5.74, 6) is -0.556. The Morgan fingerprint density at radius 3 is 2.67 bits per heavy atom. The molecule has 0 aliphatic heterocycles. The van der Waals surface area contributed by atoms with E-state index in [4.69, 9.17) is 9.84 Å². The molecule has 1 aromatic carbocycles. The Balaban J connectivity index is 2.11. The highest BCUT2D eigenvalue weighted by molar-refractivity contribution is 5.91. The third-order valence-corrected chi connectivity index (χ3v) is 3.41. The second-order valence-corrected chi connectivity index (χ2v) is 4.70. The number of nitrogens with one attached hydrogen (secondary N) is 1. The van der Waals surface area contributed by atoms with Gasteiger partial charge in [0.15, 0.2) is 0 Å². The van der Waals surface area contributed by atoms with Crippen molar-refractivity contribution < 1.29 is 14.6 Å². The van der Waals surface area contributed by atoms with Crippen molar-refractivity contribution in [3.05, 3.63) is 23.8 Å². The fourth-order valence-corrected chi connectivity index (χ4v) is 2.44.